The number of amides is 2. The summed E-state index contributed by atoms with van der Waals surface area (Å²) in [6, 6.07) is 18.9. The molecule has 0 unspecified atom stereocenters. The number of carbonyl (C=O) groups is 2. The zero-order valence-corrected chi connectivity index (χ0v) is 13.5. The summed E-state index contributed by atoms with van der Waals surface area (Å²) >= 11 is 0. The van der Waals surface area contributed by atoms with Crippen LogP contribution in [0, 0.1) is 0 Å². The Labute approximate surface area is 137 Å². The number of likely N-dealkylation sites (N-methyl/N-ethyl adjacent to an activating group) is 1. The number of nitrogens with one attached hydrogen (secondary N) is 1. The lowest BCUT2D eigenvalue weighted by Gasteiger charge is -2.24. The Morgan fingerprint density at radius 1 is 1.00 bits per heavy atom. The molecule has 0 saturated carbocycles. The van der Waals surface area contributed by atoms with Crippen molar-refractivity contribution in [2.45, 2.75) is 25.8 Å². The van der Waals surface area contributed by atoms with Gasteiger partial charge in [-0.1, -0.05) is 48.5 Å². The van der Waals surface area contributed by atoms with Crippen LogP contribution in [0.1, 0.15) is 18.9 Å². The van der Waals surface area contributed by atoms with E-state index in [1.54, 1.807) is 11.9 Å². The molecule has 0 saturated heterocycles. The smallest absolute Gasteiger partial charge is 0.249 e. The summed E-state index contributed by atoms with van der Waals surface area (Å²) in [5.41, 5.74) is 1.96. The van der Waals surface area contributed by atoms with Crippen molar-refractivity contribution < 1.29 is 9.59 Å². The van der Waals surface area contributed by atoms with Gasteiger partial charge in [-0.05, 0) is 30.5 Å². The molecule has 0 aliphatic heterocycles. The SMILES string of the molecule is CC(=O)N[C@@H](CCc1ccccc1)C(=O)N(C)c1ccccc1. The van der Waals surface area contributed by atoms with Crippen LogP contribution in [0.25, 0.3) is 0 Å². The van der Waals surface area contributed by atoms with Gasteiger partial charge in [-0.2, -0.15) is 0 Å². The molecule has 1 atom stereocenters. The Morgan fingerprint density at radius 3 is 2.13 bits per heavy atom. The van der Waals surface area contributed by atoms with Crippen molar-refractivity contribution in [3.63, 3.8) is 0 Å². The molecule has 2 aromatic rings. The van der Waals surface area contributed by atoms with Gasteiger partial charge in [0.2, 0.25) is 11.8 Å². The molecule has 0 aromatic heterocycles. The lowest BCUT2D eigenvalue weighted by atomic mass is 10.0. The van der Waals surface area contributed by atoms with Crippen molar-refractivity contribution in [2.75, 3.05) is 11.9 Å². The van der Waals surface area contributed by atoms with Gasteiger partial charge in [-0.15, -0.1) is 0 Å². The van der Waals surface area contributed by atoms with Gasteiger partial charge in [-0.3, -0.25) is 9.59 Å². The number of rotatable bonds is 6. The van der Waals surface area contributed by atoms with Crippen LogP contribution >= 0.6 is 0 Å². The van der Waals surface area contributed by atoms with Crippen LogP contribution in [-0.4, -0.2) is 24.9 Å². The van der Waals surface area contributed by atoms with Crippen molar-refractivity contribution in [3.05, 3.63) is 66.2 Å². The summed E-state index contributed by atoms with van der Waals surface area (Å²) in [5.74, 6) is -0.305. The van der Waals surface area contributed by atoms with Gasteiger partial charge in [0, 0.05) is 19.7 Å². The standard InChI is InChI=1S/C19H22N2O2/c1-15(22)20-18(14-13-16-9-5-3-6-10-16)19(23)21(2)17-11-7-4-8-12-17/h3-12,18H,13-14H2,1-2H3,(H,20,22)/t18-/m0/s1. The molecule has 4 nitrogen and oxygen atoms in total. The Morgan fingerprint density at radius 2 is 1.57 bits per heavy atom. The summed E-state index contributed by atoms with van der Waals surface area (Å²) in [7, 11) is 1.73. The lowest BCUT2D eigenvalue weighted by Crippen LogP contribution is -2.47. The molecular formula is C19H22N2O2. The summed E-state index contributed by atoms with van der Waals surface area (Å²) in [5, 5.41) is 2.77. The van der Waals surface area contributed by atoms with E-state index in [0.717, 1.165) is 17.7 Å². The van der Waals surface area contributed by atoms with Gasteiger partial charge >= 0.3 is 0 Å². The average molecular weight is 310 g/mol. The minimum atomic E-state index is -0.530. The van der Waals surface area contributed by atoms with E-state index in [0.29, 0.717) is 6.42 Å². The van der Waals surface area contributed by atoms with E-state index in [1.165, 1.54) is 6.92 Å². The molecule has 0 heterocycles. The molecule has 0 spiro atoms. The fourth-order valence-electron chi connectivity index (χ4n) is 2.47. The van der Waals surface area contributed by atoms with Crippen LogP contribution in [0.4, 0.5) is 5.69 Å². The van der Waals surface area contributed by atoms with E-state index in [1.807, 2.05) is 60.7 Å². The first-order chi connectivity index (χ1) is 11.1. The third-order valence-electron chi connectivity index (χ3n) is 3.71. The Balaban J connectivity index is 2.07. The first-order valence-corrected chi connectivity index (χ1v) is 7.71. The number of anilines is 1. The van der Waals surface area contributed by atoms with Crippen LogP contribution in [0.15, 0.2) is 60.7 Å². The highest BCUT2D eigenvalue weighted by Crippen LogP contribution is 2.14. The maximum atomic E-state index is 12.7. The Bertz CT molecular complexity index is 641. The van der Waals surface area contributed by atoms with E-state index >= 15 is 0 Å². The van der Waals surface area contributed by atoms with Gasteiger partial charge in [-0.25, -0.2) is 0 Å². The largest absolute Gasteiger partial charge is 0.345 e. The van der Waals surface area contributed by atoms with Crippen LogP contribution in [0.3, 0.4) is 0 Å². The van der Waals surface area contributed by atoms with E-state index in [4.69, 9.17) is 0 Å². The van der Waals surface area contributed by atoms with Crippen molar-refractivity contribution in [3.8, 4) is 0 Å². The van der Waals surface area contributed by atoms with Gasteiger partial charge in [0.15, 0.2) is 0 Å². The van der Waals surface area contributed by atoms with E-state index in [-0.39, 0.29) is 11.8 Å². The maximum absolute atomic E-state index is 12.7. The molecule has 1 N–H and O–H groups in total. The number of hydrogen-bond donors (Lipinski definition) is 1. The minimum Gasteiger partial charge on any atom is -0.345 e. The Kier molecular flexibility index (Phi) is 5.92. The summed E-state index contributed by atoms with van der Waals surface area (Å²) < 4.78 is 0. The average Bonchev–Trinajstić information content (AvgIpc) is 2.58. The van der Waals surface area contributed by atoms with E-state index in [2.05, 4.69) is 5.32 Å². The molecule has 0 aliphatic rings. The fourth-order valence-corrected chi connectivity index (χ4v) is 2.47. The van der Waals surface area contributed by atoms with Crippen molar-refractivity contribution in [1.29, 1.82) is 0 Å². The van der Waals surface area contributed by atoms with Crippen molar-refractivity contribution >= 4 is 17.5 Å². The van der Waals surface area contributed by atoms with Gasteiger partial charge in [0.25, 0.3) is 0 Å². The highest BCUT2D eigenvalue weighted by atomic mass is 16.2. The third-order valence-corrected chi connectivity index (χ3v) is 3.71. The van der Waals surface area contributed by atoms with Crippen LogP contribution < -0.4 is 10.2 Å². The minimum absolute atomic E-state index is 0.109. The number of aryl methyl sites for hydroxylation is 1. The normalized spacial score (nSPS) is 11.6. The topological polar surface area (TPSA) is 49.4 Å². The molecular weight excluding hydrogens is 288 g/mol. The first kappa shape index (κ1) is 16.7. The lowest BCUT2D eigenvalue weighted by molar-refractivity contribution is -0.126. The summed E-state index contributed by atoms with van der Waals surface area (Å²) in [6.07, 6.45) is 1.31. The van der Waals surface area contributed by atoms with Gasteiger partial charge in [0.05, 0.1) is 0 Å². The Hall–Kier alpha value is -2.62. The summed E-state index contributed by atoms with van der Waals surface area (Å²) in [4.78, 5) is 25.7. The number of carbonyl (C=O) groups excluding carboxylic acids is 2. The number of hydrogen-bond acceptors (Lipinski definition) is 2. The van der Waals surface area contributed by atoms with Crippen LogP contribution in [-0.2, 0) is 16.0 Å². The number of benzene rings is 2. The first-order valence-electron chi connectivity index (χ1n) is 7.71. The molecule has 0 bridgehead atoms. The maximum Gasteiger partial charge on any atom is 0.249 e. The molecule has 0 radical (unpaired) electrons. The van der Waals surface area contributed by atoms with Gasteiger partial charge < -0.3 is 10.2 Å². The zero-order chi connectivity index (χ0) is 16.7. The highest BCUT2D eigenvalue weighted by Gasteiger charge is 2.23. The number of nitrogens with zero attached hydrogens (tertiary/aromatic N) is 1. The second-order valence-electron chi connectivity index (χ2n) is 5.51. The van der Waals surface area contributed by atoms with E-state index in [9.17, 15) is 9.59 Å². The van der Waals surface area contributed by atoms with Crippen LogP contribution in [0.5, 0.6) is 0 Å². The molecule has 4 heteroatoms. The van der Waals surface area contributed by atoms with Crippen LogP contribution in [0.2, 0.25) is 0 Å². The molecule has 0 aliphatic carbocycles. The van der Waals surface area contributed by atoms with E-state index < -0.39 is 6.04 Å². The fraction of sp³-hybridized carbons (Fsp3) is 0.263. The second-order valence-corrected chi connectivity index (χ2v) is 5.51. The highest BCUT2D eigenvalue weighted by molar-refractivity contribution is 5.98. The predicted octanol–water partition coefficient (Wildman–Crippen LogP) is 2.79. The number of para-hydroxylation sites is 1. The summed E-state index contributed by atoms with van der Waals surface area (Å²) in [6.45, 7) is 1.44. The monoisotopic (exact) mass is 310 g/mol. The third kappa shape index (κ3) is 4.95. The molecule has 0 fully saturated rings. The van der Waals surface area contributed by atoms with Crippen molar-refractivity contribution in [1.82, 2.24) is 5.32 Å². The molecule has 23 heavy (non-hydrogen) atoms. The second kappa shape index (κ2) is 8.13. The molecule has 2 aromatic carbocycles. The molecule has 120 valence electrons. The molecule has 2 amide bonds. The quantitative estimate of drug-likeness (QED) is 0.892. The molecule has 2 rings (SSSR count). The zero-order valence-electron chi connectivity index (χ0n) is 13.5. The predicted molar refractivity (Wildman–Crippen MR) is 92.2 cm³/mol. The van der Waals surface area contributed by atoms with Gasteiger partial charge in [0.1, 0.15) is 6.04 Å². The van der Waals surface area contributed by atoms with Crippen molar-refractivity contribution in [2.24, 2.45) is 0 Å².